The molecule has 3 aromatic rings. The van der Waals surface area contributed by atoms with Gasteiger partial charge in [-0.3, -0.25) is 9.59 Å². The smallest absolute Gasteiger partial charge is 0.258 e. The molecule has 0 atom stereocenters. The first-order valence-electron chi connectivity index (χ1n) is 8.76. The van der Waals surface area contributed by atoms with Crippen LogP contribution in [0.2, 0.25) is 0 Å². The van der Waals surface area contributed by atoms with Gasteiger partial charge in [-0.15, -0.1) is 0 Å². The van der Waals surface area contributed by atoms with E-state index >= 15 is 0 Å². The van der Waals surface area contributed by atoms with E-state index < -0.39 is 0 Å². The lowest BCUT2D eigenvalue weighted by molar-refractivity contribution is 0.102. The highest BCUT2D eigenvalue weighted by Crippen LogP contribution is 2.40. The van der Waals surface area contributed by atoms with Gasteiger partial charge in [0, 0.05) is 30.9 Å². The Bertz CT molecular complexity index is 1090. The Morgan fingerprint density at radius 3 is 2.45 bits per heavy atom. The molecule has 1 amide bonds. The van der Waals surface area contributed by atoms with E-state index in [0.717, 1.165) is 5.56 Å². The maximum Gasteiger partial charge on any atom is 0.258 e. The van der Waals surface area contributed by atoms with Gasteiger partial charge in [0.2, 0.25) is 11.3 Å². The summed E-state index contributed by atoms with van der Waals surface area (Å²) in [5, 5.41) is 7.09. The largest absolute Gasteiger partial charge is 0.493 e. The highest BCUT2D eigenvalue weighted by molar-refractivity contribution is 6.03. The molecule has 0 spiro atoms. The van der Waals surface area contributed by atoms with Gasteiger partial charge in [-0.2, -0.15) is 5.10 Å². The molecule has 2 aromatic heterocycles. The van der Waals surface area contributed by atoms with Gasteiger partial charge in [-0.25, -0.2) is 4.68 Å². The summed E-state index contributed by atoms with van der Waals surface area (Å²) in [6, 6.07) is 8.15. The molecule has 0 aliphatic heterocycles. The Balaban J connectivity index is 1.86. The number of aromatic nitrogens is 3. The Hall–Kier alpha value is -3.75. The second-order valence-electron chi connectivity index (χ2n) is 6.19. The van der Waals surface area contributed by atoms with E-state index in [1.54, 1.807) is 44.3 Å². The summed E-state index contributed by atoms with van der Waals surface area (Å²) in [6.07, 6.45) is 3.07. The number of methoxy groups -OCH3 is 3. The minimum Gasteiger partial charge on any atom is -0.493 e. The molecule has 0 saturated heterocycles. The maximum atomic E-state index is 12.6. The fraction of sp³-hybridized carbons (Fsp3) is 0.250. The standard InChI is InChI=1S/C20H22N4O5/c1-23-11-14(6-8-17(23)25)20(26)22-16-9-10-21-24(16)12-13-5-7-15(27-2)19(29-4)18(13)28-3/h5-11H,12H2,1-4H3,(H,22,26). The third-order valence-corrected chi connectivity index (χ3v) is 4.41. The zero-order chi connectivity index (χ0) is 21.0. The molecule has 0 saturated carbocycles. The lowest BCUT2D eigenvalue weighted by Crippen LogP contribution is -2.21. The van der Waals surface area contributed by atoms with E-state index in [9.17, 15) is 9.59 Å². The molecule has 3 rings (SSSR count). The van der Waals surface area contributed by atoms with Crippen molar-refractivity contribution >= 4 is 11.7 Å². The van der Waals surface area contributed by atoms with Crippen molar-refractivity contribution < 1.29 is 19.0 Å². The number of rotatable bonds is 7. The molecule has 0 aliphatic carbocycles. The summed E-state index contributed by atoms with van der Waals surface area (Å²) < 4.78 is 19.2. The number of carbonyl (C=O) groups excluding carboxylic acids is 1. The number of pyridine rings is 1. The summed E-state index contributed by atoms with van der Waals surface area (Å²) >= 11 is 0. The van der Waals surface area contributed by atoms with E-state index in [1.165, 1.54) is 30.0 Å². The van der Waals surface area contributed by atoms with Crippen LogP contribution in [0.3, 0.4) is 0 Å². The third kappa shape index (κ3) is 4.08. The molecule has 9 nitrogen and oxygen atoms in total. The molecule has 152 valence electrons. The van der Waals surface area contributed by atoms with Gasteiger partial charge in [0.25, 0.3) is 5.91 Å². The van der Waals surface area contributed by atoms with Crippen molar-refractivity contribution in [2.45, 2.75) is 6.54 Å². The second-order valence-corrected chi connectivity index (χ2v) is 6.19. The Morgan fingerprint density at radius 1 is 1.03 bits per heavy atom. The SMILES string of the molecule is COc1ccc(Cn2nccc2NC(=O)c2ccc(=O)n(C)c2)c(OC)c1OC. The summed E-state index contributed by atoms with van der Waals surface area (Å²) in [5.41, 5.74) is 0.974. The quantitative estimate of drug-likeness (QED) is 0.653. The van der Waals surface area contributed by atoms with Gasteiger partial charge in [0.15, 0.2) is 11.5 Å². The molecule has 0 radical (unpaired) electrons. The zero-order valence-corrected chi connectivity index (χ0v) is 16.6. The maximum absolute atomic E-state index is 12.6. The van der Waals surface area contributed by atoms with Crippen LogP contribution >= 0.6 is 0 Å². The van der Waals surface area contributed by atoms with Crippen molar-refractivity contribution in [2.24, 2.45) is 7.05 Å². The number of benzene rings is 1. The first kappa shape index (κ1) is 20.0. The van der Waals surface area contributed by atoms with Crippen LogP contribution in [0.4, 0.5) is 5.82 Å². The molecule has 2 heterocycles. The van der Waals surface area contributed by atoms with Crippen molar-refractivity contribution in [2.75, 3.05) is 26.6 Å². The van der Waals surface area contributed by atoms with Gasteiger partial charge in [0.1, 0.15) is 5.82 Å². The number of hydrogen-bond donors (Lipinski definition) is 1. The van der Waals surface area contributed by atoms with Crippen LogP contribution in [0.5, 0.6) is 17.2 Å². The topological polar surface area (TPSA) is 96.6 Å². The number of hydrogen-bond acceptors (Lipinski definition) is 6. The van der Waals surface area contributed by atoms with E-state index in [2.05, 4.69) is 10.4 Å². The van der Waals surface area contributed by atoms with Crippen molar-refractivity contribution in [3.8, 4) is 17.2 Å². The average Bonchev–Trinajstić information content (AvgIpc) is 3.15. The van der Waals surface area contributed by atoms with Crippen molar-refractivity contribution in [1.29, 1.82) is 0 Å². The van der Waals surface area contributed by atoms with Crippen LogP contribution in [0, 0.1) is 0 Å². The third-order valence-electron chi connectivity index (χ3n) is 4.41. The number of nitrogens with one attached hydrogen (secondary N) is 1. The Morgan fingerprint density at radius 2 is 1.79 bits per heavy atom. The Kier molecular flexibility index (Phi) is 5.87. The number of amides is 1. The first-order chi connectivity index (χ1) is 14.0. The zero-order valence-electron chi connectivity index (χ0n) is 16.6. The molecule has 0 bridgehead atoms. The van der Waals surface area contributed by atoms with Crippen LogP contribution in [-0.4, -0.2) is 41.6 Å². The molecule has 0 fully saturated rings. The van der Waals surface area contributed by atoms with Gasteiger partial charge >= 0.3 is 0 Å². The van der Waals surface area contributed by atoms with E-state index in [0.29, 0.717) is 35.2 Å². The predicted octanol–water partition coefficient (Wildman–Crippen LogP) is 1.91. The van der Waals surface area contributed by atoms with E-state index in [1.807, 2.05) is 6.07 Å². The van der Waals surface area contributed by atoms with E-state index in [4.69, 9.17) is 14.2 Å². The fourth-order valence-electron chi connectivity index (χ4n) is 2.93. The summed E-state index contributed by atoms with van der Waals surface area (Å²) in [4.78, 5) is 24.1. The van der Waals surface area contributed by atoms with Gasteiger partial charge < -0.3 is 24.1 Å². The molecule has 9 heteroatoms. The minimum absolute atomic E-state index is 0.188. The lowest BCUT2D eigenvalue weighted by Gasteiger charge is -2.16. The molecule has 0 aliphatic rings. The van der Waals surface area contributed by atoms with Crippen LogP contribution in [0.1, 0.15) is 15.9 Å². The number of ether oxygens (including phenoxy) is 3. The number of nitrogens with zero attached hydrogens (tertiary/aromatic N) is 3. The number of anilines is 1. The summed E-state index contributed by atoms with van der Waals surface area (Å²) in [5.74, 6) is 1.72. The van der Waals surface area contributed by atoms with Gasteiger partial charge in [-0.05, 0) is 18.2 Å². The lowest BCUT2D eigenvalue weighted by atomic mass is 10.1. The van der Waals surface area contributed by atoms with Gasteiger partial charge in [0.05, 0.1) is 39.6 Å². The van der Waals surface area contributed by atoms with E-state index in [-0.39, 0.29) is 11.5 Å². The molecule has 0 unspecified atom stereocenters. The van der Waals surface area contributed by atoms with Crippen LogP contribution in [0.15, 0.2) is 47.5 Å². The monoisotopic (exact) mass is 398 g/mol. The predicted molar refractivity (Wildman–Crippen MR) is 107 cm³/mol. The summed E-state index contributed by atoms with van der Waals surface area (Å²) in [6.45, 7) is 0.333. The second kappa shape index (κ2) is 8.51. The Labute approximate surface area is 167 Å². The molecule has 1 aromatic carbocycles. The number of carbonyl (C=O) groups is 1. The van der Waals surface area contributed by atoms with Crippen molar-refractivity contribution in [1.82, 2.24) is 14.3 Å². The van der Waals surface area contributed by atoms with Gasteiger partial charge in [-0.1, -0.05) is 0 Å². The van der Waals surface area contributed by atoms with Crippen molar-refractivity contribution in [3.63, 3.8) is 0 Å². The first-order valence-corrected chi connectivity index (χ1v) is 8.76. The normalized spacial score (nSPS) is 10.5. The number of aryl methyl sites for hydroxylation is 1. The molecular weight excluding hydrogens is 376 g/mol. The average molecular weight is 398 g/mol. The fourth-order valence-corrected chi connectivity index (χ4v) is 2.93. The van der Waals surface area contributed by atoms with Crippen molar-refractivity contribution in [3.05, 3.63) is 64.2 Å². The van der Waals surface area contributed by atoms with Crippen LogP contribution < -0.4 is 25.1 Å². The highest BCUT2D eigenvalue weighted by Gasteiger charge is 2.18. The summed E-state index contributed by atoms with van der Waals surface area (Å²) in [7, 11) is 6.23. The molecule has 1 N–H and O–H groups in total. The minimum atomic E-state index is -0.346. The molecular formula is C20H22N4O5. The molecule has 29 heavy (non-hydrogen) atoms. The van der Waals surface area contributed by atoms with Crippen LogP contribution in [-0.2, 0) is 13.6 Å². The van der Waals surface area contributed by atoms with Crippen LogP contribution in [0.25, 0.3) is 0 Å². The highest BCUT2D eigenvalue weighted by atomic mass is 16.5.